The first-order chi connectivity index (χ1) is 11.0. The summed E-state index contributed by atoms with van der Waals surface area (Å²) in [5.41, 5.74) is 1.44. The maximum atomic E-state index is 11.4. The molecule has 23 heavy (non-hydrogen) atoms. The van der Waals surface area contributed by atoms with E-state index in [1.807, 2.05) is 6.07 Å². The third-order valence-electron chi connectivity index (χ3n) is 5.66. The molecule has 0 amide bonds. The Labute approximate surface area is 138 Å². The van der Waals surface area contributed by atoms with Crippen molar-refractivity contribution in [1.82, 2.24) is 4.90 Å². The molecule has 0 bridgehead atoms. The number of methoxy groups -OCH3 is 1. The quantitative estimate of drug-likeness (QED) is 0.803. The van der Waals surface area contributed by atoms with Gasteiger partial charge in [-0.25, -0.2) is 0 Å². The fourth-order valence-electron chi connectivity index (χ4n) is 4.53. The van der Waals surface area contributed by atoms with Crippen molar-refractivity contribution >= 4 is 5.97 Å². The predicted molar refractivity (Wildman–Crippen MR) is 89.7 cm³/mol. The molecule has 1 saturated carbocycles. The average molecular weight is 317 g/mol. The molecule has 0 N–H and O–H groups in total. The van der Waals surface area contributed by atoms with E-state index in [0.29, 0.717) is 5.92 Å². The predicted octanol–water partition coefficient (Wildman–Crippen LogP) is 3.00. The summed E-state index contributed by atoms with van der Waals surface area (Å²) in [7, 11) is 3.92. The lowest BCUT2D eigenvalue weighted by Gasteiger charge is -2.52. The number of piperidine rings is 1. The highest BCUT2D eigenvalue weighted by molar-refractivity contribution is 5.66. The van der Waals surface area contributed by atoms with Crippen molar-refractivity contribution in [3.05, 3.63) is 29.8 Å². The molecule has 1 aromatic carbocycles. The molecule has 2 fully saturated rings. The Morgan fingerprint density at radius 2 is 2.17 bits per heavy atom. The largest absolute Gasteiger partial charge is 0.497 e. The topological polar surface area (TPSA) is 38.8 Å². The van der Waals surface area contributed by atoms with Gasteiger partial charge in [-0.1, -0.05) is 12.1 Å². The number of esters is 1. The van der Waals surface area contributed by atoms with Crippen LogP contribution in [-0.4, -0.2) is 44.2 Å². The summed E-state index contributed by atoms with van der Waals surface area (Å²) in [6, 6.07) is 8.47. The number of rotatable bonds is 3. The summed E-state index contributed by atoms with van der Waals surface area (Å²) in [4.78, 5) is 13.8. The molecule has 0 spiro atoms. The van der Waals surface area contributed by atoms with E-state index in [1.54, 1.807) is 7.11 Å². The molecular weight excluding hydrogens is 290 g/mol. The highest BCUT2D eigenvalue weighted by atomic mass is 16.5. The molecule has 4 nitrogen and oxygen atoms in total. The molecule has 1 aliphatic carbocycles. The van der Waals surface area contributed by atoms with Crippen LogP contribution in [0.4, 0.5) is 0 Å². The first kappa shape index (κ1) is 16.3. The summed E-state index contributed by atoms with van der Waals surface area (Å²) >= 11 is 0. The monoisotopic (exact) mass is 317 g/mol. The fraction of sp³-hybridized carbons (Fsp3) is 0.632. The minimum Gasteiger partial charge on any atom is -0.497 e. The molecule has 126 valence electrons. The first-order valence-electron chi connectivity index (χ1n) is 8.54. The van der Waals surface area contributed by atoms with Gasteiger partial charge < -0.3 is 14.4 Å². The number of fused-ring (bicyclic) bond motifs is 1. The van der Waals surface area contributed by atoms with Gasteiger partial charge in [-0.2, -0.15) is 0 Å². The highest BCUT2D eigenvalue weighted by Gasteiger charge is 2.48. The van der Waals surface area contributed by atoms with Gasteiger partial charge >= 0.3 is 5.97 Å². The molecule has 1 saturated heterocycles. The second-order valence-electron chi connectivity index (χ2n) is 7.11. The highest BCUT2D eigenvalue weighted by Crippen LogP contribution is 2.50. The molecule has 0 aromatic heterocycles. The van der Waals surface area contributed by atoms with Crippen molar-refractivity contribution in [2.45, 2.75) is 44.1 Å². The number of carbonyl (C=O) groups excluding carboxylic acids is 1. The van der Waals surface area contributed by atoms with E-state index in [1.165, 1.54) is 12.5 Å². The molecule has 3 rings (SSSR count). The lowest BCUT2D eigenvalue weighted by molar-refractivity contribution is -0.150. The van der Waals surface area contributed by atoms with E-state index < -0.39 is 0 Å². The molecule has 4 heteroatoms. The van der Waals surface area contributed by atoms with Crippen molar-refractivity contribution in [3.63, 3.8) is 0 Å². The van der Waals surface area contributed by atoms with Crippen LogP contribution in [0, 0.1) is 5.92 Å². The van der Waals surface area contributed by atoms with Crippen LogP contribution in [0.25, 0.3) is 0 Å². The number of benzene rings is 1. The van der Waals surface area contributed by atoms with Crippen LogP contribution in [0.5, 0.6) is 5.75 Å². The number of carbonyl (C=O) groups is 1. The Kier molecular flexibility index (Phi) is 4.62. The standard InChI is InChI=1S/C19H27NO3/c1-14(21)23-18-8-7-16-13-20(2)10-9-19(16,12-18)15-5-4-6-17(11-15)22-3/h4-6,11,16,18H,7-10,12-13H2,1-3H3. The van der Waals surface area contributed by atoms with Gasteiger partial charge in [0.1, 0.15) is 11.9 Å². The number of ether oxygens (including phenoxy) is 2. The van der Waals surface area contributed by atoms with Crippen LogP contribution in [-0.2, 0) is 14.9 Å². The van der Waals surface area contributed by atoms with Crippen molar-refractivity contribution in [3.8, 4) is 5.75 Å². The van der Waals surface area contributed by atoms with Crippen molar-refractivity contribution in [2.75, 3.05) is 27.2 Å². The van der Waals surface area contributed by atoms with Gasteiger partial charge in [0, 0.05) is 18.9 Å². The third-order valence-corrected chi connectivity index (χ3v) is 5.66. The van der Waals surface area contributed by atoms with Gasteiger partial charge in [0.05, 0.1) is 7.11 Å². The normalized spacial score (nSPS) is 31.3. The van der Waals surface area contributed by atoms with E-state index in [4.69, 9.17) is 9.47 Å². The van der Waals surface area contributed by atoms with Gasteiger partial charge in [0.15, 0.2) is 0 Å². The van der Waals surface area contributed by atoms with E-state index in [9.17, 15) is 4.79 Å². The molecule has 0 radical (unpaired) electrons. The van der Waals surface area contributed by atoms with Crippen LogP contribution in [0.15, 0.2) is 24.3 Å². The summed E-state index contributed by atoms with van der Waals surface area (Å²) in [5.74, 6) is 1.35. The van der Waals surface area contributed by atoms with Crippen LogP contribution in [0.2, 0.25) is 0 Å². The summed E-state index contributed by atoms with van der Waals surface area (Å²) in [6.07, 6.45) is 4.17. The maximum absolute atomic E-state index is 11.4. The Hall–Kier alpha value is -1.55. The summed E-state index contributed by atoms with van der Waals surface area (Å²) in [6.45, 7) is 3.71. The zero-order valence-electron chi connectivity index (χ0n) is 14.4. The van der Waals surface area contributed by atoms with E-state index >= 15 is 0 Å². The zero-order valence-corrected chi connectivity index (χ0v) is 14.4. The van der Waals surface area contributed by atoms with Gasteiger partial charge in [-0.15, -0.1) is 0 Å². The molecule has 3 atom stereocenters. The molecular formula is C19H27NO3. The van der Waals surface area contributed by atoms with Crippen molar-refractivity contribution < 1.29 is 14.3 Å². The van der Waals surface area contributed by atoms with Crippen molar-refractivity contribution in [1.29, 1.82) is 0 Å². The second kappa shape index (κ2) is 6.52. The number of likely N-dealkylation sites (tertiary alicyclic amines) is 1. The third kappa shape index (κ3) is 3.23. The van der Waals surface area contributed by atoms with Crippen LogP contribution in [0.1, 0.15) is 38.2 Å². The Balaban J connectivity index is 1.95. The van der Waals surface area contributed by atoms with Gasteiger partial charge in [-0.3, -0.25) is 4.79 Å². The van der Waals surface area contributed by atoms with Gasteiger partial charge in [0.25, 0.3) is 0 Å². The lowest BCUT2D eigenvalue weighted by atomic mass is 9.58. The Morgan fingerprint density at radius 3 is 2.91 bits per heavy atom. The van der Waals surface area contributed by atoms with Crippen LogP contribution >= 0.6 is 0 Å². The van der Waals surface area contributed by atoms with Gasteiger partial charge in [0.2, 0.25) is 0 Å². The number of hydrogen-bond donors (Lipinski definition) is 0. The summed E-state index contributed by atoms with van der Waals surface area (Å²) < 4.78 is 11.0. The molecule has 1 heterocycles. The van der Waals surface area contributed by atoms with Crippen LogP contribution < -0.4 is 4.74 Å². The Morgan fingerprint density at radius 1 is 1.35 bits per heavy atom. The number of nitrogens with zero attached hydrogens (tertiary/aromatic N) is 1. The van der Waals surface area contributed by atoms with Crippen molar-refractivity contribution in [2.24, 2.45) is 5.92 Å². The van der Waals surface area contributed by atoms with E-state index in [-0.39, 0.29) is 17.5 Å². The molecule has 2 aliphatic rings. The first-order valence-corrected chi connectivity index (χ1v) is 8.54. The average Bonchev–Trinajstić information content (AvgIpc) is 2.54. The maximum Gasteiger partial charge on any atom is 0.302 e. The van der Waals surface area contributed by atoms with E-state index in [0.717, 1.165) is 44.5 Å². The van der Waals surface area contributed by atoms with E-state index in [2.05, 4.69) is 30.1 Å². The second-order valence-corrected chi connectivity index (χ2v) is 7.11. The summed E-state index contributed by atoms with van der Waals surface area (Å²) in [5, 5.41) is 0. The molecule has 1 aliphatic heterocycles. The number of hydrogen-bond acceptors (Lipinski definition) is 4. The molecule has 1 aromatic rings. The SMILES string of the molecule is COc1cccc(C23CCN(C)CC2CCC(OC(C)=O)C3)c1. The van der Waals surface area contributed by atoms with Crippen LogP contribution in [0.3, 0.4) is 0 Å². The fourth-order valence-corrected chi connectivity index (χ4v) is 4.53. The smallest absolute Gasteiger partial charge is 0.302 e. The van der Waals surface area contributed by atoms with Gasteiger partial charge in [-0.05, 0) is 62.9 Å². The molecule has 3 unspecified atom stereocenters. The lowest BCUT2D eigenvalue weighted by Crippen LogP contribution is -2.53. The minimum absolute atomic E-state index is 0.0401. The minimum atomic E-state index is -0.165. The Bertz CT molecular complexity index is 573. The zero-order chi connectivity index (χ0) is 16.4.